The van der Waals surface area contributed by atoms with E-state index in [1.807, 2.05) is 0 Å². The highest BCUT2D eigenvalue weighted by Gasteiger charge is 2.42. The van der Waals surface area contributed by atoms with Gasteiger partial charge in [0.25, 0.3) is 5.91 Å². The maximum Gasteiger partial charge on any atom is 0.276 e. The van der Waals surface area contributed by atoms with Crippen molar-refractivity contribution >= 4 is 33.9 Å². The van der Waals surface area contributed by atoms with Gasteiger partial charge in [0, 0.05) is 34.7 Å². The highest BCUT2D eigenvalue weighted by Crippen LogP contribution is 2.46. The van der Waals surface area contributed by atoms with Gasteiger partial charge in [0.2, 0.25) is 5.13 Å². The number of carbonyl (C=O) groups excluding carboxylic acids is 1. The molecule has 1 saturated carbocycles. The molecule has 1 amide bonds. The van der Waals surface area contributed by atoms with E-state index in [0.29, 0.717) is 21.5 Å². The van der Waals surface area contributed by atoms with Gasteiger partial charge in [-0.25, -0.2) is 9.97 Å². The van der Waals surface area contributed by atoms with Crippen molar-refractivity contribution in [3.05, 3.63) is 35.5 Å². The summed E-state index contributed by atoms with van der Waals surface area (Å²) in [5, 5.41) is 5.62. The van der Waals surface area contributed by atoms with Crippen LogP contribution in [0.5, 0.6) is 0 Å². The third-order valence-corrected chi connectivity index (χ3v) is 5.20. The Hall–Kier alpha value is -2.26. The van der Waals surface area contributed by atoms with Crippen LogP contribution in [-0.2, 0) is 5.41 Å². The molecule has 116 valence electrons. The first kappa shape index (κ1) is 14.3. The molecule has 4 rings (SSSR count). The first-order chi connectivity index (χ1) is 11.1. The van der Waals surface area contributed by atoms with E-state index in [1.165, 1.54) is 22.9 Å². The van der Waals surface area contributed by atoms with Crippen LogP contribution in [0, 0.1) is 0 Å². The lowest BCUT2D eigenvalue weighted by Crippen LogP contribution is -2.12. The summed E-state index contributed by atoms with van der Waals surface area (Å²) in [4.78, 5) is 29.2. The number of hydrogen-bond donors (Lipinski definition) is 1. The van der Waals surface area contributed by atoms with Crippen LogP contribution in [0.2, 0.25) is 0 Å². The molecular formula is C14H12N6OS2. The van der Waals surface area contributed by atoms with E-state index in [1.54, 1.807) is 24.0 Å². The van der Waals surface area contributed by atoms with Gasteiger partial charge in [0.1, 0.15) is 16.4 Å². The molecule has 0 bridgehead atoms. The first-order valence-electron chi connectivity index (χ1n) is 7.01. The van der Waals surface area contributed by atoms with Crippen molar-refractivity contribution in [1.82, 2.24) is 24.3 Å². The van der Waals surface area contributed by atoms with Crippen molar-refractivity contribution in [3.8, 4) is 10.7 Å². The Morgan fingerprint density at radius 3 is 2.91 bits per heavy atom. The van der Waals surface area contributed by atoms with Gasteiger partial charge >= 0.3 is 0 Å². The second kappa shape index (κ2) is 5.43. The van der Waals surface area contributed by atoms with Gasteiger partial charge in [-0.2, -0.15) is 4.37 Å². The van der Waals surface area contributed by atoms with Crippen LogP contribution in [0.25, 0.3) is 10.7 Å². The third-order valence-electron chi connectivity index (χ3n) is 3.71. The van der Waals surface area contributed by atoms with Crippen LogP contribution < -0.4 is 5.32 Å². The predicted molar refractivity (Wildman–Crippen MR) is 87.6 cm³/mol. The zero-order chi connectivity index (χ0) is 15.9. The average molecular weight is 344 g/mol. The Morgan fingerprint density at radius 1 is 1.30 bits per heavy atom. The van der Waals surface area contributed by atoms with E-state index in [9.17, 15) is 4.79 Å². The molecular weight excluding hydrogens is 332 g/mol. The molecule has 3 aromatic heterocycles. The Kier molecular flexibility index (Phi) is 3.38. The second-order valence-electron chi connectivity index (χ2n) is 5.57. The molecule has 1 N–H and O–H groups in total. The normalized spacial score (nSPS) is 15.3. The average Bonchev–Trinajstić information content (AvgIpc) is 2.99. The molecule has 1 fully saturated rings. The van der Waals surface area contributed by atoms with Crippen LogP contribution in [0.3, 0.4) is 0 Å². The van der Waals surface area contributed by atoms with Crippen LogP contribution in [0.4, 0.5) is 5.13 Å². The monoisotopic (exact) mass is 344 g/mol. The van der Waals surface area contributed by atoms with Crippen molar-refractivity contribution in [2.24, 2.45) is 0 Å². The molecule has 1 aliphatic rings. The first-order valence-corrected chi connectivity index (χ1v) is 8.67. The summed E-state index contributed by atoms with van der Waals surface area (Å²) in [5.41, 5.74) is 1.08. The summed E-state index contributed by atoms with van der Waals surface area (Å²) < 4.78 is 4.33. The Labute approximate surface area is 140 Å². The maximum atomic E-state index is 12.3. The van der Waals surface area contributed by atoms with Crippen LogP contribution in [0.15, 0.2) is 24.0 Å². The molecule has 0 spiro atoms. The molecule has 0 radical (unpaired) electrons. The van der Waals surface area contributed by atoms with Crippen LogP contribution in [0.1, 0.15) is 36.1 Å². The quantitative estimate of drug-likeness (QED) is 0.782. The van der Waals surface area contributed by atoms with Gasteiger partial charge < -0.3 is 0 Å². The maximum absolute atomic E-state index is 12.3. The summed E-state index contributed by atoms with van der Waals surface area (Å²) in [6.45, 7) is 2.13. The number of aromatic nitrogens is 5. The fourth-order valence-electron chi connectivity index (χ4n) is 2.00. The molecule has 3 aromatic rings. The molecule has 0 atom stereocenters. The second-order valence-corrected chi connectivity index (χ2v) is 7.18. The SMILES string of the molecule is CC1(c2nsc(NC(=O)c3csc(-c4cnccn4)n3)n2)CC1. The zero-order valence-corrected chi connectivity index (χ0v) is 13.8. The van der Waals surface area contributed by atoms with Gasteiger partial charge in [-0.3, -0.25) is 20.1 Å². The summed E-state index contributed by atoms with van der Waals surface area (Å²) in [6, 6.07) is 0. The molecule has 7 nitrogen and oxygen atoms in total. The Balaban J connectivity index is 1.49. The van der Waals surface area contributed by atoms with Crippen LogP contribution in [-0.4, -0.2) is 30.2 Å². The number of amides is 1. The van der Waals surface area contributed by atoms with E-state index < -0.39 is 0 Å². The lowest BCUT2D eigenvalue weighted by molar-refractivity contribution is 0.102. The van der Waals surface area contributed by atoms with Gasteiger partial charge in [-0.05, 0) is 12.8 Å². The summed E-state index contributed by atoms with van der Waals surface area (Å²) >= 11 is 2.56. The van der Waals surface area contributed by atoms with E-state index in [4.69, 9.17) is 0 Å². The highest BCUT2D eigenvalue weighted by atomic mass is 32.1. The number of nitrogens with one attached hydrogen (secondary N) is 1. The minimum Gasteiger partial charge on any atom is -0.295 e. The van der Waals surface area contributed by atoms with Gasteiger partial charge in [-0.1, -0.05) is 6.92 Å². The number of carbonyl (C=O) groups is 1. The summed E-state index contributed by atoms with van der Waals surface area (Å²) in [7, 11) is 0. The van der Waals surface area contributed by atoms with E-state index in [2.05, 4.69) is 36.5 Å². The van der Waals surface area contributed by atoms with Crippen molar-refractivity contribution in [2.45, 2.75) is 25.2 Å². The third kappa shape index (κ3) is 2.84. The number of anilines is 1. The van der Waals surface area contributed by atoms with E-state index in [0.717, 1.165) is 18.7 Å². The number of rotatable bonds is 4. The zero-order valence-electron chi connectivity index (χ0n) is 12.2. The highest BCUT2D eigenvalue weighted by molar-refractivity contribution is 7.13. The van der Waals surface area contributed by atoms with Crippen molar-refractivity contribution in [3.63, 3.8) is 0 Å². The smallest absolute Gasteiger partial charge is 0.276 e. The molecule has 0 aromatic carbocycles. The van der Waals surface area contributed by atoms with Crippen LogP contribution >= 0.6 is 22.9 Å². The lowest BCUT2D eigenvalue weighted by atomic mass is 10.1. The molecule has 23 heavy (non-hydrogen) atoms. The molecule has 3 heterocycles. The van der Waals surface area contributed by atoms with E-state index in [-0.39, 0.29) is 11.3 Å². The van der Waals surface area contributed by atoms with Crippen molar-refractivity contribution < 1.29 is 4.79 Å². The summed E-state index contributed by atoms with van der Waals surface area (Å²) in [6.07, 6.45) is 7.01. The number of nitrogens with zero attached hydrogens (tertiary/aromatic N) is 5. The van der Waals surface area contributed by atoms with Gasteiger partial charge in [0.15, 0.2) is 5.82 Å². The predicted octanol–water partition coefficient (Wildman–Crippen LogP) is 2.76. The minimum absolute atomic E-state index is 0.0965. The van der Waals surface area contributed by atoms with Crippen molar-refractivity contribution in [1.29, 1.82) is 0 Å². The summed E-state index contributed by atoms with van der Waals surface area (Å²) in [5.74, 6) is 0.524. The fourth-order valence-corrected chi connectivity index (χ4v) is 3.46. The largest absolute Gasteiger partial charge is 0.295 e. The van der Waals surface area contributed by atoms with Gasteiger partial charge in [-0.15, -0.1) is 11.3 Å². The topological polar surface area (TPSA) is 93.6 Å². The Morgan fingerprint density at radius 2 is 2.17 bits per heavy atom. The minimum atomic E-state index is -0.292. The molecule has 9 heteroatoms. The van der Waals surface area contributed by atoms with E-state index >= 15 is 0 Å². The molecule has 0 unspecified atom stereocenters. The van der Waals surface area contributed by atoms with Crippen molar-refractivity contribution in [2.75, 3.05) is 5.32 Å². The standard InChI is InChI=1S/C14H12N6OS2/c1-14(2-3-14)12-19-13(23-20-12)18-10(21)9-7-22-11(17-9)8-6-15-4-5-16-8/h4-7H,2-3H2,1H3,(H,18,19,20,21). The Bertz CT molecular complexity index is 855. The fraction of sp³-hybridized carbons (Fsp3) is 0.286. The lowest BCUT2D eigenvalue weighted by Gasteiger charge is -2.00. The molecule has 1 aliphatic carbocycles. The number of hydrogen-bond acceptors (Lipinski definition) is 8. The number of thiazole rings is 1. The molecule has 0 aliphatic heterocycles. The molecule has 0 saturated heterocycles. The van der Waals surface area contributed by atoms with Gasteiger partial charge in [0.05, 0.1) is 6.20 Å².